The van der Waals surface area contributed by atoms with Gasteiger partial charge in [0.25, 0.3) is 5.91 Å². The Labute approximate surface area is 117 Å². The zero-order chi connectivity index (χ0) is 13.8. The second kappa shape index (κ2) is 5.73. The van der Waals surface area contributed by atoms with Gasteiger partial charge in [-0.25, -0.2) is 4.98 Å². The number of amides is 1. The summed E-state index contributed by atoms with van der Waals surface area (Å²) in [5.41, 5.74) is 0.480. The lowest BCUT2D eigenvalue weighted by molar-refractivity contribution is 0.0946. The third kappa shape index (κ3) is 2.69. The van der Waals surface area contributed by atoms with Crippen LogP contribution in [0, 0.1) is 12.3 Å². The summed E-state index contributed by atoms with van der Waals surface area (Å²) in [7, 11) is 0. The molecule has 4 heteroatoms. The largest absolute Gasteiger partial charge is 0.338 e. The summed E-state index contributed by atoms with van der Waals surface area (Å²) in [6.07, 6.45) is 7.50. The Hall–Kier alpha value is -2.05. The number of hydrogen-bond acceptors (Lipinski definition) is 2. The zero-order valence-corrected chi connectivity index (χ0v) is 11.2. The fourth-order valence-corrected chi connectivity index (χ4v) is 2.05. The van der Waals surface area contributed by atoms with Crippen LogP contribution in [0.2, 0.25) is 5.15 Å². The van der Waals surface area contributed by atoms with Gasteiger partial charge in [0.1, 0.15) is 5.15 Å². The SMILES string of the molecule is C#CC(CC)NC(=O)c1cnc(Cl)c2ccccc12. The van der Waals surface area contributed by atoms with Crippen molar-refractivity contribution in [3.8, 4) is 12.3 Å². The summed E-state index contributed by atoms with van der Waals surface area (Å²) >= 11 is 6.02. The molecule has 1 aromatic carbocycles. The molecule has 0 saturated heterocycles. The molecule has 0 aliphatic carbocycles. The van der Waals surface area contributed by atoms with E-state index in [1.807, 2.05) is 31.2 Å². The molecule has 2 aromatic rings. The van der Waals surface area contributed by atoms with E-state index >= 15 is 0 Å². The van der Waals surface area contributed by atoms with Crippen molar-refractivity contribution >= 4 is 28.3 Å². The second-order valence-electron chi connectivity index (χ2n) is 4.11. The van der Waals surface area contributed by atoms with Gasteiger partial charge in [0, 0.05) is 11.6 Å². The van der Waals surface area contributed by atoms with E-state index in [0.717, 1.165) is 10.8 Å². The molecule has 1 N–H and O–H groups in total. The van der Waals surface area contributed by atoms with Gasteiger partial charge in [-0.05, 0) is 11.8 Å². The van der Waals surface area contributed by atoms with Gasteiger partial charge in [-0.2, -0.15) is 0 Å². The maximum Gasteiger partial charge on any atom is 0.254 e. The summed E-state index contributed by atoms with van der Waals surface area (Å²) in [6.45, 7) is 1.92. The summed E-state index contributed by atoms with van der Waals surface area (Å²) in [6, 6.07) is 7.11. The van der Waals surface area contributed by atoms with E-state index < -0.39 is 0 Å². The van der Waals surface area contributed by atoms with Gasteiger partial charge in [-0.1, -0.05) is 48.7 Å². The number of carbonyl (C=O) groups excluding carboxylic acids is 1. The van der Waals surface area contributed by atoms with Crippen molar-refractivity contribution in [1.82, 2.24) is 10.3 Å². The molecule has 0 saturated carbocycles. The van der Waals surface area contributed by atoms with Crippen LogP contribution in [0.5, 0.6) is 0 Å². The smallest absolute Gasteiger partial charge is 0.254 e. The second-order valence-corrected chi connectivity index (χ2v) is 4.47. The molecule has 1 amide bonds. The number of terminal acetylenes is 1. The minimum Gasteiger partial charge on any atom is -0.338 e. The molecule has 0 aliphatic rings. The number of nitrogens with zero attached hydrogens (tertiary/aromatic N) is 1. The first-order valence-electron chi connectivity index (χ1n) is 5.97. The van der Waals surface area contributed by atoms with E-state index in [9.17, 15) is 4.79 Å². The Morgan fingerprint density at radius 3 is 2.79 bits per heavy atom. The first kappa shape index (κ1) is 13.4. The van der Waals surface area contributed by atoms with Crippen LogP contribution in [0.3, 0.4) is 0 Å². The molecule has 1 aromatic heterocycles. The number of benzene rings is 1. The van der Waals surface area contributed by atoms with Crippen LogP contribution < -0.4 is 5.32 Å². The van der Waals surface area contributed by atoms with Crippen molar-refractivity contribution in [2.75, 3.05) is 0 Å². The average molecular weight is 273 g/mol. The van der Waals surface area contributed by atoms with Crippen LogP contribution in [0.25, 0.3) is 10.8 Å². The minimum absolute atomic E-state index is 0.231. The summed E-state index contributed by atoms with van der Waals surface area (Å²) in [4.78, 5) is 16.2. The molecule has 0 aliphatic heterocycles. The van der Waals surface area contributed by atoms with Crippen LogP contribution in [0.4, 0.5) is 0 Å². The van der Waals surface area contributed by atoms with Gasteiger partial charge in [-0.15, -0.1) is 6.42 Å². The Morgan fingerprint density at radius 2 is 2.16 bits per heavy atom. The summed E-state index contributed by atoms with van der Waals surface area (Å²) in [5.74, 6) is 2.30. The predicted molar refractivity (Wildman–Crippen MR) is 77.1 cm³/mol. The topological polar surface area (TPSA) is 42.0 Å². The maximum absolute atomic E-state index is 12.2. The summed E-state index contributed by atoms with van der Waals surface area (Å²) in [5, 5.41) is 4.70. The molecule has 2 rings (SSSR count). The number of rotatable bonds is 3. The van der Waals surface area contributed by atoms with Gasteiger partial charge in [0.05, 0.1) is 11.6 Å². The van der Waals surface area contributed by atoms with E-state index in [4.69, 9.17) is 18.0 Å². The van der Waals surface area contributed by atoms with E-state index in [0.29, 0.717) is 17.1 Å². The first-order chi connectivity index (χ1) is 9.17. The van der Waals surface area contributed by atoms with Crippen LogP contribution in [-0.2, 0) is 0 Å². The molecular formula is C15H13ClN2O. The Kier molecular flexibility index (Phi) is 4.03. The van der Waals surface area contributed by atoms with E-state index in [2.05, 4.69) is 16.2 Å². The third-order valence-electron chi connectivity index (χ3n) is 2.91. The highest BCUT2D eigenvalue weighted by Gasteiger charge is 2.14. The van der Waals surface area contributed by atoms with Crippen molar-refractivity contribution in [3.05, 3.63) is 41.2 Å². The van der Waals surface area contributed by atoms with Gasteiger partial charge in [-0.3, -0.25) is 4.79 Å². The molecule has 0 fully saturated rings. The third-order valence-corrected chi connectivity index (χ3v) is 3.21. The molecule has 3 nitrogen and oxygen atoms in total. The lowest BCUT2D eigenvalue weighted by atomic mass is 10.1. The highest BCUT2D eigenvalue weighted by atomic mass is 35.5. The molecule has 0 spiro atoms. The Bertz CT molecular complexity index is 661. The molecule has 19 heavy (non-hydrogen) atoms. The summed E-state index contributed by atoms with van der Waals surface area (Å²) < 4.78 is 0. The normalized spacial score (nSPS) is 11.8. The standard InChI is InChI=1S/C15H13ClN2O/c1-3-10(4-2)18-15(19)13-9-17-14(16)12-8-6-5-7-11(12)13/h1,5-10H,4H2,2H3,(H,18,19). The fourth-order valence-electron chi connectivity index (χ4n) is 1.84. The Morgan fingerprint density at radius 1 is 1.47 bits per heavy atom. The lowest BCUT2D eigenvalue weighted by Crippen LogP contribution is -2.33. The number of hydrogen-bond donors (Lipinski definition) is 1. The molecule has 1 atom stereocenters. The van der Waals surface area contributed by atoms with Crippen molar-refractivity contribution in [2.24, 2.45) is 0 Å². The molecule has 96 valence electrons. The Balaban J connectivity index is 2.44. The molecule has 1 unspecified atom stereocenters. The quantitative estimate of drug-likeness (QED) is 0.689. The van der Waals surface area contributed by atoms with Crippen LogP contribution >= 0.6 is 11.6 Å². The highest BCUT2D eigenvalue weighted by molar-refractivity contribution is 6.34. The van der Waals surface area contributed by atoms with Crippen LogP contribution in [0.1, 0.15) is 23.7 Å². The van der Waals surface area contributed by atoms with Crippen molar-refractivity contribution in [2.45, 2.75) is 19.4 Å². The maximum atomic E-state index is 12.2. The van der Waals surface area contributed by atoms with E-state index in [1.54, 1.807) is 0 Å². The van der Waals surface area contributed by atoms with Gasteiger partial charge >= 0.3 is 0 Å². The zero-order valence-electron chi connectivity index (χ0n) is 10.5. The molecule has 1 heterocycles. The number of halogens is 1. The van der Waals surface area contributed by atoms with Crippen LogP contribution in [-0.4, -0.2) is 16.9 Å². The number of carbonyl (C=O) groups is 1. The van der Waals surface area contributed by atoms with Crippen molar-refractivity contribution < 1.29 is 4.79 Å². The number of fused-ring (bicyclic) bond motifs is 1. The lowest BCUT2D eigenvalue weighted by Gasteiger charge is -2.12. The molecular weight excluding hydrogens is 260 g/mol. The van der Waals surface area contributed by atoms with E-state index in [1.165, 1.54) is 6.20 Å². The highest BCUT2D eigenvalue weighted by Crippen LogP contribution is 2.24. The van der Waals surface area contributed by atoms with Gasteiger partial charge in [0.15, 0.2) is 0 Å². The fraction of sp³-hybridized carbons (Fsp3) is 0.200. The van der Waals surface area contributed by atoms with Crippen LogP contribution in [0.15, 0.2) is 30.5 Å². The minimum atomic E-state index is -0.276. The first-order valence-corrected chi connectivity index (χ1v) is 6.35. The average Bonchev–Trinajstić information content (AvgIpc) is 2.45. The van der Waals surface area contributed by atoms with Gasteiger partial charge in [0.2, 0.25) is 0 Å². The number of pyridine rings is 1. The molecule has 0 bridgehead atoms. The van der Waals surface area contributed by atoms with Crippen molar-refractivity contribution in [1.29, 1.82) is 0 Å². The number of aromatic nitrogens is 1. The molecule has 0 radical (unpaired) electrons. The van der Waals surface area contributed by atoms with Crippen molar-refractivity contribution in [3.63, 3.8) is 0 Å². The van der Waals surface area contributed by atoms with Gasteiger partial charge < -0.3 is 5.32 Å². The van der Waals surface area contributed by atoms with E-state index in [-0.39, 0.29) is 11.9 Å². The predicted octanol–water partition coefficient (Wildman–Crippen LogP) is 3.03. The monoisotopic (exact) mass is 272 g/mol. The number of nitrogens with one attached hydrogen (secondary N) is 1.